The fourth-order valence-corrected chi connectivity index (χ4v) is 3.60. The Balaban J connectivity index is 1.44. The number of benzene rings is 2. The van der Waals surface area contributed by atoms with Gasteiger partial charge in [-0.25, -0.2) is 14.3 Å². The van der Waals surface area contributed by atoms with Crippen molar-refractivity contribution >= 4 is 34.1 Å². The molecule has 5 aromatic rings. The normalized spacial score (nSPS) is 11.0. The lowest BCUT2D eigenvalue weighted by Crippen LogP contribution is -2.14. The highest BCUT2D eigenvalue weighted by atomic mass is 35.5. The molecule has 0 saturated carbocycles. The van der Waals surface area contributed by atoms with Gasteiger partial charge in [-0.15, -0.1) is 5.10 Å². The Morgan fingerprint density at radius 2 is 2.00 bits per heavy atom. The zero-order valence-electron chi connectivity index (χ0n) is 16.3. The van der Waals surface area contributed by atoms with Crippen LogP contribution in [0.2, 0.25) is 5.02 Å². The van der Waals surface area contributed by atoms with Gasteiger partial charge in [0.1, 0.15) is 12.7 Å². The Hall–Kier alpha value is -4.11. The quantitative estimate of drug-likeness (QED) is 0.467. The van der Waals surface area contributed by atoms with E-state index in [1.165, 1.54) is 6.33 Å². The fourth-order valence-electron chi connectivity index (χ4n) is 3.33. The van der Waals surface area contributed by atoms with Gasteiger partial charge in [0, 0.05) is 17.3 Å². The maximum Gasteiger partial charge on any atom is 0.278 e. The summed E-state index contributed by atoms with van der Waals surface area (Å²) in [6.45, 7) is 1.80. The summed E-state index contributed by atoms with van der Waals surface area (Å²) in [5.74, 6) is -0.383. The van der Waals surface area contributed by atoms with Crippen LogP contribution in [0, 0.1) is 6.92 Å². The number of hydrogen-bond acceptors (Lipinski definition) is 6. The smallest absolute Gasteiger partial charge is 0.278 e. The van der Waals surface area contributed by atoms with E-state index >= 15 is 0 Å². The molecule has 9 nitrogen and oxygen atoms in total. The number of pyridine rings is 1. The van der Waals surface area contributed by atoms with E-state index in [-0.39, 0.29) is 11.6 Å². The van der Waals surface area contributed by atoms with Gasteiger partial charge >= 0.3 is 0 Å². The lowest BCUT2D eigenvalue weighted by Gasteiger charge is -2.09. The molecule has 0 aliphatic rings. The van der Waals surface area contributed by atoms with Crippen LogP contribution in [-0.2, 0) is 0 Å². The highest BCUT2D eigenvalue weighted by Gasteiger charge is 2.19. The number of nitrogens with one attached hydrogen (secondary N) is 1. The maximum absolute atomic E-state index is 12.9. The van der Waals surface area contributed by atoms with Crippen molar-refractivity contribution in [1.29, 1.82) is 0 Å². The molecule has 0 aliphatic carbocycles. The van der Waals surface area contributed by atoms with Crippen molar-refractivity contribution in [3.63, 3.8) is 0 Å². The predicted molar refractivity (Wildman–Crippen MR) is 116 cm³/mol. The number of aromatic nitrogens is 7. The standard InChI is InChI=1S/C21H15ClN8O/c1-13-20(27-28-30(13)18-6-2-5-17-15(18)4-3-9-24-17)21(31)26-14-7-8-19(16(22)10-14)29-12-23-11-25-29/h2-12H,1H3,(H,26,31). The van der Waals surface area contributed by atoms with Crippen molar-refractivity contribution in [1.82, 2.24) is 34.7 Å². The van der Waals surface area contributed by atoms with Crippen LogP contribution >= 0.6 is 11.6 Å². The van der Waals surface area contributed by atoms with E-state index in [0.29, 0.717) is 22.1 Å². The summed E-state index contributed by atoms with van der Waals surface area (Å²) in [6, 6.07) is 14.7. The molecule has 0 fully saturated rings. The molecule has 10 heteroatoms. The molecule has 152 valence electrons. The number of fused-ring (bicyclic) bond motifs is 1. The molecule has 0 saturated heterocycles. The molecule has 0 atom stereocenters. The first-order valence-corrected chi connectivity index (χ1v) is 9.72. The highest BCUT2D eigenvalue weighted by molar-refractivity contribution is 6.32. The second-order valence-electron chi connectivity index (χ2n) is 6.74. The van der Waals surface area contributed by atoms with Gasteiger partial charge in [-0.05, 0) is 49.4 Å². The van der Waals surface area contributed by atoms with Gasteiger partial charge in [-0.1, -0.05) is 22.9 Å². The van der Waals surface area contributed by atoms with E-state index < -0.39 is 0 Å². The zero-order valence-corrected chi connectivity index (χ0v) is 17.0. The van der Waals surface area contributed by atoms with Gasteiger partial charge < -0.3 is 5.32 Å². The first kappa shape index (κ1) is 18.9. The Kier molecular flexibility index (Phi) is 4.64. The second kappa shape index (κ2) is 7.62. The summed E-state index contributed by atoms with van der Waals surface area (Å²) >= 11 is 6.34. The third-order valence-corrected chi connectivity index (χ3v) is 5.13. The molecule has 31 heavy (non-hydrogen) atoms. The van der Waals surface area contributed by atoms with Gasteiger partial charge in [-0.3, -0.25) is 9.78 Å². The van der Waals surface area contributed by atoms with Crippen LogP contribution in [0.15, 0.2) is 67.4 Å². The Morgan fingerprint density at radius 1 is 1.10 bits per heavy atom. The third kappa shape index (κ3) is 3.40. The fraction of sp³-hybridized carbons (Fsp3) is 0.0476. The maximum atomic E-state index is 12.9. The molecule has 3 aromatic heterocycles. The summed E-state index contributed by atoms with van der Waals surface area (Å²) in [5.41, 5.74) is 3.65. The topological polar surface area (TPSA) is 103 Å². The number of carbonyl (C=O) groups is 1. The van der Waals surface area contributed by atoms with Crippen molar-refractivity contribution in [2.24, 2.45) is 0 Å². The minimum absolute atomic E-state index is 0.220. The van der Waals surface area contributed by atoms with Crippen molar-refractivity contribution in [2.75, 3.05) is 5.32 Å². The largest absolute Gasteiger partial charge is 0.320 e. The molecule has 0 radical (unpaired) electrons. The summed E-state index contributed by atoms with van der Waals surface area (Å²) in [7, 11) is 0. The van der Waals surface area contributed by atoms with Gasteiger partial charge in [0.2, 0.25) is 0 Å². The average Bonchev–Trinajstić information content (AvgIpc) is 3.43. The first-order chi connectivity index (χ1) is 15.1. The van der Waals surface area contributed by atoms with E-state index in [2.05, 4.69) is 30.7 Å². The Bertz CT molecular complexity index is 1410. The molecule has 0 aliphatic heterocycles. The number of hydrogen-bond donors (Lipinski definition) is 1. The van der Waals surface area contributed by atoms with Crippen molar-refractivity contribution in [3.8, 4) is 11.4 Å². The second-order valence-corrected chi connectivity index (χ2v) is 7.15. The van der Waals surface area contributed by atoms with Gasteiger partial charge in [-0.2, -0.15) is 5.10 Å². The molecule has 1 amide bonds. The van der Waals surface area contributed by atoms with Crippen LogP contribution < -0.4 is 5.32 Å². The lowest BCUT2D eigenvalue weighted by molar-refractivity contribution is 0.102. The molecule has 0 spiro atoms. The van der Waals surface area contributed by atoms with Crippen molar-refractivity contribution in [3.05, 3.63) is 83.8 Å². The van der Waals surface area contributed by atoms with Gasteiger partial charge in [0.05, 0.1) is 27.6 Å². The van der Waals surface area contributed by atoms with Crippen LogP contribution in [0.25, 0.3) is 22.3 Å². The average molecular weight is 431 g/mol. The highest BCUT2D eigenvalue weighted by Crippen LogP contribution is 2.25. The monoisotopic (exact) mass is 430 g/mol. The molecular formula is C21H15ClN8O. The first-order valence-electron chi connectivity index (χ1n) is 9.34. The number of anilines is 1. The number of amides is 1. The van der Waals surface area contributed by atoms with Crippen molar-refractivity contribution < 1.29 is 4.79 Å². The Morgan fingerprint density at radius 3 is 2.81 bits per heavy atom. The number of halogens is 1. The molecule has 2 aromatic carbocycles. The molecule has 3 heterocycles. The van der Waals surface area contributed by atoms with E-state index in [9.17, 15) is 4.79 Å². The zero-order chi connectivity index (χ0) is 21.4. The van der Waals surface area contributed by atoms with Crippen LogP contribution in [0.5, 0.6) is 0 Å². The minimum Gasteiger partial charge on any atom is -0.320 e. The van der Waals surface area contributed by atoms with E-state index in [0.717, 1.165) is 16.6 Å². The van der Waals surface area contributed by atoms with Crippen molar-refractivity contribution in [2.45, 2.75) is 6.92 Å². The summed E-state index contributed by atoms with van der Waals surface area (Å²) in [4.78, 5) is 21.1. The van der Waals surface area contributed by atoms with Gasteiger partial charge in [0.15, 0.2) is 5.69 Å². The molecule has 1 N–H and O–H groups in total. The number of rotatable bonds is 4. The lowest BCUT2D eigenvalue weighted by atomic mass is 10.2. The van der Waals surface area contributed by atoms with Crippen LogP contribution in [0.3, 0.4) is 0 Å². The van der Waals surface area contributed by atoms with E-state index in [4.69, 9.17) is 11.6 Å². The minimum atomic E-state index is -0.383. The number of nitrogens with zero attached hydrogens (tertiary/aromatic N) is 7. The van der Waals surface area contributed by atoms with Gasteiger partial charge in [0.25, 0.3) is 5.91 Å². The van der Waals surface area contributed by atoms with Crippen LogP contribution in [0.1, 0.15) is 16.2 Å². The molecular weight excluding hydrogens is 416 g/mol. The summed E-state index contributed by atoms with van der Waals surface area (Å²) in [5, 5.41) is 16.5. The number of carbonyl (C=O) groups excluding carboxylic acids is 1. The Labute approximate surface area is 181 Å². The summed E-state index contributed by atoms with van der Waals surface area (Å²) in [6.07, 6.45) is 4.70. The van der Waals surface area contributed by atoms with Crippen LogP contribution in [-0.4, -0.2) is 40.6 Å². The van der Waals surface area contributed by atoms with Crippen LogP contribution in [0.4, 0.5) is 5.69 Å². The molecule has 0 bridgehead atoms. The third-order valence-electron chi connectivity index (χ3n) is 4.83. The summed E-state index contributed by atoms with van der Waals surface area (Å²) < 4.78 is 3.18. The molecule has 5 rings (SSSR count). The van der Waals surface area contributed by atoms with E-state index in [1.807, 2.05) is 30.3 Å². The SMILES string of the molecule is Cc1c(C(=O)Nc2ccc(-n3cncn3)c(Cl)c2)nnn1-c1cccc2ncccc12. The van der Waals surface area contributed by atoms with E-state index in [1.54, 1.807) is 47.0 Å². The predicted octanol–water partition coefficient (Wildman–Crippen LogP) is 3.61. The molecule has 0 unspecified atom stereocenters.